The summed E-state index contributed by atoms with van der Waals surface area (Å²) < 4.78 is 1.85. The third kappa shape index (κ3) is 4.15. The van der Waals surface area contributed by atoms with Crippen molar-refractivity contribution < 1.29 is 0 Å². The van der Waals surface area contributed by atoms with Crippen LogP contribution in [0.5, 0.6) is 0 Å². The van der Waals surface area contributed by atoms with Crippen LogP contribution in [0.4, 0.5) is 0 Å². The number of thioether (sulfide) groups is 1. The van der Waals surface area contributed by atoms with Crippen molar-refractivity contribution in [2.45, 2.75) is 64.6 Å². The largest absolute Gasteiger partial charge is 0.287 e. The van der Waals surface area contributed by atoms with Gasteiger partial charge in [-0.15, -0.1) is 11.3 Å². The SMILES string of the molecule is CCCCn1c(SCCCCC#N)nc2sc(C)c(C)c2c1=O. The molecule has 0 fully saturated rings. The lowest BCUT2D eigenvalue weighted by Gasteiger charge is -2.11. The Labute approximate surface area is 145 Å². The van der Waals surface area contributed by atoms with E-state index < -0.39 is 0 Å². The van der Waals surface area contributed by atoms with Gasteiger partial charge in [-0.1, -0.05) is 25.1 Å². The van der Waals surface area contributed by atoms with Gasteiger partial charge in [-0.25, -0.2) is 4.98 Å². The molecule has 2 aromatic heterocycles. The molecule has 0 amide bonds. The smallest absolute Gasteiger partial charge is 0.263 e. The summed E-state index contributed by atoms with van der Waals surface area (Å²) in [5, 5.41) is 10.2. The predicted octanol–water partition coefficient (Wildman–Crippen LogP) is 4.66. The Morgan fingerprint density at radius 3 is 2.78 bits per heavy atom. The number of aryl methyl sites for hydroxylation is 2. The molecule has 0 aliphatic heterocycles. The second-order valence-corrected chi connectivity index (χ2v) is 7.90. The second kappa shape index (κ2) is 8.51. The summed E-state index contributed by atoms with van der Waals surface area (Å²) in [5.74, 6) is 0.898. The number of hydrogen-bond acceptors (Lipinski definition) is 5. The molecule has 4 nitrogen and oxygen atoms in total. The minimum atomic E-state index is 0.102. The standard InChI is InChI=1S/C17H23N3OS2/c1-4-5-10-20-16(21)14-12(2)13(3)23-15(14)19-17(20)22-11-8-6-7-9-18/h4-8,10-11H2,1-3H3. The fourth-order valence-corrected chi connectivity index (χ4v) is 4.50. The Balaban J connectivity index is 2.33. The quantitative estimate of drug-likeness (QED) is 0.395. The van der Waals surface area contributed by atoms with Gasteiger partial charge in [0.2, 0.25) is 0 Å². The van der Waals surface area contributed by atoms with E-state index in [2.05, 4.69) is 13.0 Å². The van der Waals surface area contributed by atoms with Crippen molar-refractivity contribution in [3.05, 3.63) is 20.8 Å². The zero-order valence-electron chi connectivity index (χ0n) is 14.0. The molecule has 2 aromatic rings. The van der Waals surface area contributed by atoms with Crippen LogP contribution in [0.1, 0.15) is 49.5 Å². The van der Waals surface area contributed by atoms with Gasteiger partial charge in [0.1, 0.15) is 4.83 Å². The van der Waals surface area contributed by atoms with Gasteiger partial charge in [0.25, 0.3) is 5.56 Å². The zero-order chi connectivity index (χ0) is 16.8. The lowest BCUT2D eigenvalue weighted by atomic mass is 10.2. The first kappa shape index (κ1) is 18.0. The molecule has 0 unspecified atom stereocenters. The predicted molar refractivity (Wildman–Crippen MR) is 98.5 cm³/mol. The summed E-state index contributed by atoms with van der Waals surface area (Å²) >= 11 is 3.25. The highest BCUT2D eigenvalue weighted by Crippen LogP contribution is 2.28. The van der Waals surface area contributed by atoms with Crippen molar-refractivity contribution in [1.29, 1.82) is 5.26 Å². The number of hydrogen-bond donors (Lipinski definition) is 0. The highest BCUT2D eigenvalue weighted by atomic mass is 32.2. The Bertz CT molecular complexity index is 771. The number of unbranched alkanes of at least 4 members (excludes halogenated alkanes) is 3. The van der Waals surface area contributed by atoms with Gasteiger partial charge in [0.05, 0.1) is 11.5 Å². The van der Waals surface area contributed by atoms with E-state index in [1.807, 2.05) is 18.4 Å². The molecule has 0 aliphatic carbocycles. The van der Waals surface area contributed by atoms with E-state index in [9.17, 15) is 4.79 Å². The molecule has 2 heterocycles. The molecule has 0 bridgehead atoms. The molecule has 0 spiro atoms. The summed E-state index contributed by atoms with van der Waals surface area (Å²) in [6.45, 7) is 6.92. The molecule has 0 aromatic carbocycles. The molecule has 2 rings (SSSR count). The number of nitriles is 1. The maximum Gasteiger partial charge on any atom is 0.263 e. The molecule has 0 radical (unpaired) electrons. The topological polar surface area (TPSA) is 58.7 Å². The summed E-state index contributed by atoms with van der Waals surface area (Å²) in [4.78, 5) is 19.7. The lowest BCUT2D eigenvalue weighted by Crippen LogP contribution is -2.23. The summed E-state index contributed by atoms with van der Waals surface area (Å²) in [5.41, 5.74) is 1.17. The van der Waals surface area contributed by atoms with Crippen molar-refractivity contribution in [1.82, 2.24) is 9.55 Å². The van der Waals surface area contributed by atoms with Gasteiger partial charge < -0.3 is 0 Å². The number of fused-ring (bicyclic) bond motifs is 1. The first-order valence-electron chi connectivity index (χ1n) is 8.10. The van der Waals surface area contributed by atoms with Crippen LogP contribution >= 0.6 is 23.1 Å². The van der Waals surface area contributed by atoms with Gasteiger partial charge in [0.15, 0.2) is 5.16 Å². The number of rotatable bonds is 8. The summed E-state index contributed by atoms with van der Waals surface area (Å²) in [6, 6.07) is 2.17. The summed E-state index contributed by atoms with van der Waals surface area (Å²) in [7, 11) is 0. The van der Waals surface area contributed by atoms with Crippen molar-refractivity contribution in [3.63, 3.8) is 0 Å². The molecule has 23 heavy (non-hydrogen) atoms. The van der Waals surface area contributed by atoms with Crippen LogP contribution in [0, 0.1) is 25.2 Å². The fourth-order valence-electron chi connectivity index (χ4n) is 2.40. The molecule has 0 atom stereocenters. The van der Waals surface area contributed by atoms with Crippen molar-refractivity contribution in [2.24, 2.45) is 0 Å². The number of aromatic nitrogens is 2. The minimum Gasteiger partial charge on any atom is -0.287 e. The molecule has 6 heteroatoms. The first-order chi connectivity index (χ1) is 11.1. The van der Waals surface area contributed by atoms with E-state index in [4.69, 9.17) is 10.2 Å². The molecular weight excluding hydrogens is 326 g/mol. The second-order valence-electron chi connectivity index (χ2n) is 5.63. The fraction of sp³-hybridized carbons (Fsp3) is 0.588. The van der Waals surface area contributed by atoms with E-state index in [0.717, 1.165) is 58.9 Å². The molecular formula is C17H23N3OS2. The van der Waals surface area contributed by atoms with E-state index in [1.54, 1.807) is 23.1 Å². The van der Waals surface area contributed by atoms with Gasteiger partial charge in [-0.3, -0.25) is 9.36 Å². The van der Waals surface area contributed by atoms with Crippen LogP contribution in [-0.4, -0.2) is 15.3 Å². The molecule has 0 saturated carbocycles. The van der Waals surface area contributed by atoms with Crippen molar-refractivity contribution >= 4 is 33.3 Å². The van der Waals surface area contributed by atoms with E-state index in [0.29, 0.717) is 6.42 Å². The molecule has 0 N–H and O–H groups in total. The van der Waals surface area contributed by atoms with Gasteiger partial charge >= 0.3 is 0 Å². The van der Waals surface area contributed by atoms with Gasteiger partial charge in [-0.2, -0.15) is 5.26 Å². The number of thiophene rings is 1. The van der Waals surface area contributed by atoms with E-state index in [-0.39, 0.29) is 5.56 Å². The van der Waals surface area contributed by atoms with Crippen molar-refractivity contribution in [3.8, 4) is 6.07 Å². The summed E-state index contributed by atoms with van der Waals surface area (Å²) in [6.07, 6.45) is 4.51. The van der Waals surface area contributed by atoms with E-state index in [1.165, 1.54) is 4.88 Å². The molecule has 124 valence electrons. The van der Waals surface area contributed by atoms with Crippen LogP contribution in [0.3, 0.4) is 0 Å². The Kier molecular flexibility index (Phi) is 6.67. The highest BCUT2D eigenvalue weighted by Gasteiger charge is 2.16. The number of nitrogens with zero attached hydrogens (tertiary/aromatic N) is 3. The third-order valence-corrected chi connectivity index (χ3v) is 6.07. The Morgan fingerprint density at radius 2 is 2.09 bits per heavy atom. The average Bonchev–Trinajstić information content (AvgIpc) is 2.81. The maximum atomic E-state index is 12.9. The van der Waals surface area contributed by atoms with E-state index >= 15 is 0 Å². The Morgan fingerprint density at radius 1 is 1.30 bits per heavy atom. The van der Waals surface area contributed by atoms with Crippen molar-refractivity contribution in [2.75, 3.05) is 5.75 Å². The van der Waals surface area contributed by atoms with Gasteiger partial charge in [0, 0.05) is 23.6 Å². The third-order valence-electron chi connectivity index (χ3n) is 3.90. The molecule has 0 aliphatic rings. The van der Waals surface area contributed by atoms with Crippen LogP contribution in [0.2, 0.25) is 0 Å². The normalized spacial score (nSPS) is 11.0. The minimum absolute atomic E-state index is 0.102. The Hall–Kier alpha value is -1.32. The van der Waals surface area contributed by atoms with Crippen LogP contribution in [-0.2, 0) is 6.54 Å². The highest BCUT2D eigenvalue weighted by molar-refractivity contribution is 7.99. The zero-order valence-corrected chi connectivity index (χ0v) is 15.6. The average molecular weight is 350 g/mol. The maximum absolute atomic E-state index is 12.9. The molecule has 0 saturated heterocycles. The van der Waals surface area contributed by atoms with Crippen LogP contribution < -0.4 is 5.56 Å². The lowest BCUT2D eigenvalue weighted by molar-refractivity contribution is 0.558. The first-order valence-corrected chi connectivity index (χ1v) is 9.90. The van der Waals surface area contributed by atoms with Gasteiger partial charge in [-0.05, 0) is 38.7 Å². The van der Waals surface area contributed by atoms with Crippen LogP contribution in [0.15, 0.2) is 9.95 Å². The van der Waals surface area contributed by atoms with Crippen LogP contribution in [0.25, 0.3) is 10.2 Å². The monoisotopic (exact) mass is 349 g/mol.